The lowest BCUT2D eigenvalue weighted by Crippen LogP contribution is -2.43. The van der Waals surface area contributed by atoms with Crippen LogP contribution in [-0.2, 0) is 25.2 Å². The molecule has 0 N–H and O–H groups in total. The molecule has 0 radical (unpaired) electrons. The molecule has 0 aliphatic heterocycles. The van der Waals surface area contributed by atoms with Crippen molar-refractivity contribution in [3.8, 4) is 0 Å². The maximum atomic E-state index is 12.6. The predicted molar refractivity (Wildman–Crippen MR) is 147 cm³/mol. The number of nitrogens with zero attached hydrogens (tertiary/aromatic N) is 1. The van der Waals surface area contributed by atoms with Gasteiger partial charge >= 0.3 is 5.97 Å². The Morgan fingerprint density at radius 1 is 0.861 bits per heavy atom. The summed E-state index contributed by atoms with van der Waals surface area (Å²) in [4.78, 5) is 25.0. The van der Waals surface area contributed by atoms with Gasteiger partial charge in [0.05, 0.1) is 27.6 Å². The number of carbonyl (C=O) groups excluding carboxylic acids is 1. The topological polar surface area (TPSA) is 75.7 Å². The summed E-state index contributed by atoms with van der Waals surface area (Å²) in [5, 5.41) is 0. The summed E-state index contributed by atoms with van der Waals surface area (Å²) in [7, 11) is 1.84. The van der Waals surface area contributed by atoms with Gasteiger partial charge in [0.1, 0.15) is 26.9 Å². The van der Waals surface area contributed by atoms with E-state index in [2.05, 4.69) is 6.92 Å². The van der Waals surface area contributed by atoms with E-state index in [-0.39, 0.29) is 19.2 Å². The largest absolute Gasteiger partial charge is 0.778 e. The molecule has 0 amide bonds. The second-order valence-corrected chi connectivity index (χ2v) is 13.0. The Kier molecular flexibility index (Phi) is 17.3. The first-order chi connectivity index (χ1) is 17.1. The molecule has 1 aromatic carbocycles. The third-order valence-corrected chi connectivity index (χ3v) is 7.72. The fourth-order valence-electron chi connectivity index (χ4n) is 4.33. The summed E-state index contributed by atoms with van der Waals surface area (Å²) >= 11 is 0. The van der Waals surface area contributed by atoms with Crippen LogP contribution in [0.25, 0.3) is 0 Å². The number of hydrogen-bond donors (Lipinski definition) is 0. The second-order valence-electron chi connectivity index (χ2n) is 11.1. The number of carbonyl (C=O) groups is 1. The molecule has 0 bridgehead atoms. The number of ether oxygens (including phenoxy) is 1. The zero-order valence-electron chi connectivity index (χ0n) is 23.4. The van der Waals surface area contributed by atoms with Gasteiger partial charge in [-0.1, -0.05) is 114 Å². The fraction of sp³-hybridized carbons (Fsp3) is 0.759. The molecule has 7 heteroatoms. The molecule has 0 saturated carbocycles. The van der Waals surface area contributed by atoms with Crippen molar-refractivity contribution in [2.24, 2.45) is 0 Å². The minimum atomic E-state index is -4.02. The molecule has 1 aromatic rings. The first-order valence-corrected chi connectivity index (χ1v) is 15.8. The van der Waals surface area contributed by atoms with Crippen molar-refractivity contribution in [3.05, 3.63) is 35.9 Å². The molecule has 1 rings (SSSR count). The van der Waals surface area contributed by atoms with Gasteiger partial charge in [0.25, 0.3) is 0 Å². The first kappa shape index (κ1) is 32.8. The average Bonchev–Trinajstić information content (AvgIpc) is 2.80. The summed E-state index contributed by atoms with van der Waals surface area (Å²) in [6.07, 6.45) is 14.9. The summed E-state index contributed by atoms with van der Waals surface area (Å²) in [5.41, 5.74) is 0.895. The fourth-order valence-corrected chi connectivity index (χ4v) is 5.64. The van der Waals surface area contributed by atoms with E-state index in [9.17, 15) is 14.3 Å². The minimum absolute atomic E-state index is 0.0253. The van der Waals surface area contributed by atoms with Gasteiger partial charge in [-0.2, -0.15) is 0 Å². The van der Waals surface area contributed by atoms with Crippen LogP contribution in [0.1, 0.15) is 102 Å². The van der Waals surface area contributed by atoms with Crippen molar-refractivity contribution in [1.29, 1.82) is 0 Å². The number of benzene rings is 1. The Hall–Kier alpha value is -1.20. The maximum Gasteiger partial charge on any atom is 0.309 e. The van der Waals surface area contributed by atoms with Gasteiger partial charge in [0.2, 0.25) is 0 Å². The van der Waals surface area contributed by atoms with Crippen LogP contribution in [0.4, 0.5) is 0 Å². The summed E-state index contributed by atoms with van der Waals surface area (Å²) in [5.74, 6) is -0.446. The van der Waals surface area contributed by atoms with Gasteiger partial charge < -0.3 is 23.2 Å². The smallest absolute Gasteiger partial charge is 0.309 e. The third kappa shape index (κ3) is 19.0. The molecule has 0 saturated heterocycles. The maximum absolute atomic E-state index is 12.6. The van der Waals surface area contributed by atoms with Crippen LogP contribution in [0.15, 0.2) is 30.3 Å². The molecule has 0 heterocycles. The molecule has 36 heavy (non-hydrogen) atoms. The first-order valence-electron chi connectivity index (χ1n) is 14.1. The summed E-state index contributed by atoms with van der Waals surface area (Å²) in [6.45, 7) is 2.83. The third-order valence-electron chi connectivity index (χ3n) is 6.23. The van der Waals surface area contributed by atoms with E-state index in [1.54, 1.807) is 0 Å². The zero-order valence-corrected chi connectivity index (χ0v) is 24.3. The standard InChI is InChI=1S/C29H52NO5P/c1-5-6-7-8-9-10-11-12-13-14-15-16-20-23-36(32,33)35-28(25-30(2,3)4)24-29(31)34-26-27-21-18-17-19-22-27/h17-19,21-22,28H,5-16,20,23-26H2,1-4H3/t28-/m0/s1. The zero-order chi connectivity index (χ0) is 26.7. The molecular formula is C29H52NO5P. The van der Waals surface area contributed by atoms with Crippen molar-refractivity contribution < 1.29 is 28.0 Å². The van der Waals surface area contributed by atoms with E-state index in [1.807, 2.05) is 51.5 Å². The monoisotopic (exact) mass is 525 g/mol. The molecule has 1 unspecified atom stereocenters. The van der Waals surface area contributed by atoms with E-state index in [4.69, 9.17) is 9.26 Å². The van der Waals surface area contributed by atoms with Crippen LogP contribution >= 0.6 is 7.60 Å². The highest BCUT2D eigenvalue weighted by Crippen LogP contribution is 2.40. The normalized spacial score (nSPS) is 14.4. The minimum Gasteiger partial charge on any atom is -0.778 e. The van der Waals surface area contributed by atoms with Gasteiger partial charge in [0, 0.05) is 6.16 Å². The number of hydrogen-bond acceptors (Lipinski definition) is 5. The quantitative estimate of drug-likeness (QED) is 0.0716. The molecular weight excluding hydrogens is 473 g/mol. The van der Waals surface area contributed by atoms with E-state index in [1.165, 1.54) is 57.8 Å². The van der Waals surface area contributed by atoms with Crippen LogP contribution < -0.4 is 4.89 Å². The van der Waals surface area contributed by atoms with E-state index < -0.39 is 19.7 Å². The van der Waals surface area contributed by atoms with Gasteiger partial charge in [-0.15, -0.1) is 0 Å². The van der Waals surface area contributed by atoms with Crippen molar-refractivity contribution in [2.75, 3.05) is 33.8 Å². The van der Waals surface area contributed by atoms with Crippen molar-refractivity contribution in [3.63, 3.8) is 0 Å². The average molecular weight is 526 g/mol. The Morgan fingerprint density at radius 2 is 1.36 bits per heavy atom. The van der Waals surface area contributed by atoms with Crippen LogP contribution in [0, 0.1) is 0 Å². The Labute approximate surface area is 220 Å². The number of unbranched alkanes of at least 4 members (excludes halogenated alkanes) is 12. The van der Waals surface area contributed by atoms with Crippen LogP contribution in [0.2, 0.25) is 0 Å². The summed E-state index contributed by atoms with van der Waals surface area (Å²) < 4.78 is 24.0. The Morgan fingerprint density at radius 3 is 1.86 bits per heavy atom. The van der Waals surface area contributed by atoms with Crippen molar-refractivity contribution in [1.82, 2.24) is 0 Å². The highest BCUT2D eigenvalue weighted by atomic mass is 31.2. The van der Waals surface area contributed by atoms with E-state index >= 15 is 0 Å². The molecule has 2 atom stereocenters. The van der Waals surface area contributed by atoms with Crippen LogP contribution in [0.3, 0.4) is 0 Å². The molecule has 0 fully saturated rings. The second kappa shape index (κ2) is 19.0. The lowest BCUT2D eigenvalue weighted by Gasteiger charge is -2.33. The van der Waals surface area contributed by atoms with Gasteiger partial charge in [-0.3, -0.25) is 4.79 Å². The summed E-state index contributed by atoms with van der Waals surface area (Å²) in [6, 6.07) is 9.44. The number of likely N-dealkylation sites (N-methyl/N-ethyl adjacent to an activating group) is 1. The molecule has 0 aliphatic rings. The lowest BCUT2D eigenvalue weighted by molar-refractivity contribution is -0.873. The van der Waals surface area contributed by atoms with E-state index in [0.29, 0.717) is 17.4 Å². The molecule has 0 aromatic heterocycles. The van der Waals surface area contributed by atoms with Crippen molar-refractivity contribution in [2.45, 2.75) is 110 Å². The lowest BCUT2D eigenvalue weighted by atomic mass is 10.1. The van der Waals surface area contributed by atoms with Crippen LogP contribution in [-0.4, -0.2) is 50.4 Å². The van der Waals surface area contributed by atoms with Gasteiger partial charge in [-0.05, 0) is 12.0 Å². The SMILES string of the molecule is CCCCCCCCCCCCCCCP(=O)([O-])O[C@@H](CC(=O)OCc1ccccc1)C[N+](C)(C)C. The predicted octanol–water partition coefficient (Wildman–Crippen LogP) is 6.86. The number of rotatable bonds is 22. The Balaban J connectivity index is 2.27. The molecule has 208 valence electrons. The van der Waals surface area contributed by atoms with Gasteiger partial charge in [-0.25, -0.2) is 0 Å². The highest BCUT2D eigenvalue weighted by Gasteiger charge is 2.26. The Bertz CT molecular complexity index is 735. The van der Waals surface area contributed by atoms with Gasteiger partial charge in [0.15, 0.2) is 0 Å². The molecule has 6 nitrogen and oxygen atoms in total. The van der Waals surface area contributed by atoms with E-state index in [0.717, 1.165) is 24.8 Å². The number of esters is 1. The highest BCUT2D eigenvalue weighted by molar-refractivity contribution is 7.51. The van der Waals surface area contributed by atoms with Crippen LogP contribution in [0.5, 0.6) is 0 Å². The molecule has 0 spiro atoms. The van der Waals surface area contributed by atoms with Crippen molar-refractivity contribution >= 4 is 13.6 Å². The molecule has 0 aliphatic carbocycles. The number of quaternary nitrogens is 1.